The average Bonchev–Trinajstić information content (AvgIpc) is 3.27. The fourth-order valence-corrected chi connectivity index (χ4v) is 4.19. The van der Waals surface area contributed by atoms with E-state index in [1.54, 1.807) is 38.2 Å². The topological polar surface area (TPSA) is 68.3 Å². The number of hydrogen-bond acceptors (Lipinski definition) is 5. The Balaban J connectivity index is 2.00. The number of aryl methyl sites for hydroxylation is 1. The van der Waals surface area contributed by atoms with Crippen LogP contribution in [0.2, 0.25) is 0 Å². The standard InChI is InChI=1S/C25H32N2O5/c1-7-26(3)25(29)20-15-27(24(28)17-10-8-16(2)9-11-17)14-19(20)18-12-21(30-4)23(32-6)22(13-18)31-5/h8-13,19-20H,7,14-15H2,1-6H3. The van der Waals surface area contributed by atoms with Gasteiger partial charge in [0.05, 0.1) is 27.2 Å². The molecule has 2 amide bonds. The maximum absolute atomic E-state index is 13.2. The molecule has 2 aromatic carbocycles. The molecule has 0 N–H and O–H groups in total. The Morgan fingerprint density at radius 3 is 2.09 bits per heavy atom. The molecule has 0 aliphatic carbocycles. The number of carbonyl (C=O) groups is 2. The second-order valence-electron chi connectivity index (χ2n) is 8.10. The molecule has 7 heteroatoms. The molecule has 0 spiro atoms. The van der Waals surface area contributed by atoms with E-state index >= 15 is 0 Å². The summed E-state index contributed by atoms with van der Waals surface area (Å²) >= 11 is 0. The molecular weight excluding hydrogens is 408 g/mol. The van der Waals surface area contributed by atoms with Crippen molar-refractivity contribution in [1.82, 2.24) is 9.80 Å². The van der Waals surface area contributed by atoms with Crippen molar-refractivity contribution >= 4 is 11.8 Å². The molecule has 1 aliphatic heterocycles. The summed E-state index contributed by atoms with van der Waals surface area (Å²) in [6.45, 7) is 5.32. The third-order valence-electron chi connectivity index (χ3n) is 6.19. The molecule has 1 saturated heterocycles. The van der Waals surface area contributed by atoms with Gasteiger partial charge in [0.2, 0.25) is 11.7 Å². The van der Waals surface area contributed by atoms with Gasteiger partial charge < -0.3 is 24.0 Å². The van der Waals surface area contributed by atoms with Crippen LogP contribution in [0.3, 0.4) is 0 Å². The van der Waals surface area contributed by atoms with E-state index in [0.717, 1.165) is 11.1 Å². The number of hydrogen-bond donors (Lipinski definition) is 0. The van der Waals surface area contributed by atoms with Crippen molar-refractivity contribution in [1.29, 1.82) is 0 Å². The van der Waals surface area contributed by atoms with Crippen molar-refractivity contribution in [3.63, 3.8) is 0 Å². The zero-order valence-electron chi connectivity index (χ0n) is 19.7. The van der Waals surface area contributed by atoms with Gasteiger partial charge >= 0.3 is 0 Å². The summed E-state index contributed by atoms with van der Waals surface area (Å²) in [5, 5.41) is 0. The largest absolute Gasteiger partial charge is 0.493 e. The van der Waals surface area contributed by atoms with Crippen LogP contribution in [0.5, 0.6) is 17.2 Å². The van der Waals surface area contributed by atoms with E-state index in [1.807, 2.05) is 50.2 Å². The Morgan fingerprint density at radius 1 is 1.00 bits per heavy atom. The normalized spacial score (nSPS) is 17.8. The summed E-state index contributed by atoms with van der Waals surface area (Å²) in [7, 11) is 6.48. The van der Waals surface area contributed by atoms with Crippen LogP contribution in [-0.2, 0) is 4.79 Å². The highest BCUT2D eigenvalue weighted by molar-refractivity contribution is 5.95. The van der Waals surface area contributed by atoms with Crippen LogP contribution in [0.15, 0.2) is 36.4 Å². The molecule has 2 aromatic rings. The zero-order chi connectivity index (χ0) is 23.4. The Bertz CT molecular complexity index is 948. The number of likely N-dealkylation sites (tertiary alicyclic amines) is 1. The number of methoxy groups -OCH3 is 3. The first-order valence-corrected chi connectivity index (χ1v) is 10.7. The van der Waals surface area contributed by atoms with Gasteiger partial charge in [-0.3, -0.25) is 9.59 Å². The highest BCUT2D eigenvalue weighted by atomic mass is 16.5. The molecule has 3 rings (SSSR count). The molecule has 2 atom stereocenters. The predicted octanol–water partition coefficient (Wildman–Crippen LogP) is 3.35. The van der Waals surface area contributed by atoms with Gasteiger partial charge in [0.1, 0.15) is 0 Å². The van der Waals surface area contributed by atoms with Crippen LogP contribution in [0.25, 0.3) is 0 Å². The van der Waals surface area contributed by atoms with E-state index in [1.165, 1.54) is 0 Å². The smallest absolute Gasteiger partial charge is 0.253 e. The number of benzene rings is 2. The van der Waals surface area contributed by atoms with Crippen LogP contribution in [0, 0.1) is 12.8 Å². The third kappa shape index (κ3) is 4.52. The van der Waals surface area contributed by atoms with E-state index in [2.05, 4.69) is 0 Å². The first-order valence-electron chi connectivity index (χ1n) is 10.7. The van der Waals surface area contributed by atoms with E-state index in [0.29, 0.717) is 42.4 Å². The lowest BCUT2D eigenvalue weighted by Gasteiger charge is -2.24. The maximum atomic E-state index is 13.2. The van der Waals surface area contributed by atoms with Crippen molar-refractivity contribution in [3.8, 4) is 17.2 Å². The van der Waals surface area contributed by atoms with Gasteiger partial charge in [0.25, 0.3) is 5.91 Å². The first kappa shape index (κ1) is 23.4. The molecule has 0 saturated carbocycles. The number of rotatable bonds is 7. The van der Waals surface area contributed by atoms with Crippen LogP contribution in [0.1, 0.15) is 34.3 Å². The van der Waals surface area contributed by atoms with Crippen LogP contribution >= 0.6 is 0 Å². The van der Waals surface area contributed by atoms with Crippen LogP contribution < -0.4 is 14.2 Å². The van der Waals surface area contributed by atoms with Crippen molar-refractivity contribution < 1.29 is 23.8 Å². The fourth-order valence-electron chi connectivity index (χ4n) is 4.19. The molecule has 172 valence electrons. The highest BCUT2D eigenvalue weighted by Crippen LogP contribution is 2.43. The summed E-state index contributed by atoms with van der Waals surface area (Å²) in [4.78, 5) is 29.9. The fraction of sp³-hybridized carbons (Fsp3) is 0.440. The molecule has 7 nitrogen and oxygen atoms in total. The minimum absolute atomic E-state index is 0.0189. The SMILES string of the molecule is CCN(C)C(=O)C1CN(C(=O)c2ccc(C)cc2)CC1c1cc(OC)c(OC)c(OC)c1. The van der Waals surface area contributed by atoms with E-state index in [9.17, 15) is 9.59 Å². The van der Waals surface area contributed by atoms with E-state index < -0.39 is 0 Å². The Morgan fingerprint density at radius 2 is 1.59 bits per heavy atom. The Hall–Kier alpha value is -3.22. The molecule has 32 heavy (non-hydrogen) atoms. The minimum Gasteiger partial charge on any atom is -0.493 e. The first-order chi connectivity index (χ1) is 15.3. The molecule has 0 bridgehead atoms. The molecule has 1 aliphatic rings. The van der Waals surface area contributed by atoms with Gasteiger partial charge in [-0.25, -0.2) is 0 Å². The second-order valence-corrected chi connectivity index (χ2v) is 8.10. The quantitative estimate of drug-likeness (QED) is 0.661. The van der Waals surface area contributed by atoms with Crippen molar-refractivity contribution in [2.45, 2.75) is 19.8 Å². The average molecular weight is 441 g/mol. The van der Waals surface area contributed by atoms with E-state index in [-0.39, 0.29) is 23.7 Å². The van der Waals surface area contributed by atoms with Crippen LogP contribution in [0.4, 0.5) is 0 Å². The second kappa shape index (κ2) is 9.94. The molecule has 1 fully saturated rings. The highest BCUT2D eigenvalue weighted by Gasteiger charge is 2.42. The number of nitrogens with zero attached hydrogens (tertiary/aromatic N) is 2. The van der Waals surface area contributed by atoms with Gasteiger partial charge in [0, 0.05) is 38.2 Å². The number of ether oxygens (including phenoxy) is 3. The monoisotopic (exact) mass is 440 g/mol. The van der Waals surface area contributed by atoms with Gasteiger partial charge in [-0.2, -0.15) is 0 Å². The Kier molecular flexibility index (Phi) is 7.28. The van der Waals surface area contributed by atoms with Gasteiger partial charge in [-0.1, -0.05) is 17.7 Å². The molecular formula is C25H32N2O5. The molecule has 0 aromatic heterocycles. The zero-order valence-corrected chi connectivity index (χ0v) is 19.7. The molecule has 0 radical (unpaired) electrons. The van der Waals surface area contributed by atoms with Crippen molar-refractivity contribution in [2.75, 3.05) is 48.0 Å². The van der Waals surface area contributed by atoms with Gasteiger partial charge in [-0.15, -0.1) is 0 Å². The number of carbonyl (C=O) groups excluding carboxylic acids is 2. The summed E-state index contributed by atoms with van der Waals surface area (Å²) in [5.74, 6) is 0.942. The maximum Gasteiger partial charge on any atom is 0.253 e. The lowest BCUT2D eigenvalue weighted by atomic mass is 9.87. The Labute approximate surface area is 189 Å². The van der Waals surface area contributed by atoms with Gasteiger partial charge in [-0.05, 0) is 43.7 Å². The lowest BCUT2D eigenvalue weighted by molar-refractivity contribution is -0.133. The van der Waals surface area contributed by atoms with Crippen LogP contribution in [-0.4, -0.2) is 69.6 Å². The van der Waals surface area contributed by atoms with Crippen molar-refractivity contribution in [3.05, 3.63) is 53.1 Å². The van der Waals surface area contributed by atoms with Crippen molar-refractivity contribution in [2.24, 2.45) is 5.92 Å². The minimum atomic E-state index is -0.364. The summed E-state index contributed by atoms with van der Waals surface area (Å²) in [6.07, 6.45) is 0. The van der Waals surface area contributed by atoms with Gasteiger partial charge in [0.15, 0.2) is 11.5 Å². The summed E-state index contributed by atoms with van der Waals surface area (Å²) in [5.41, 5.74) is 2.59. The molecule has 2 unspecified atom stereocenters. The molecule has 1 heterocycles. The summed E-state index contributed by atoms with van der Waals surface area (Å²) in [6, 6.07) is 11.3. The third-order valence-corrected chi connectivity index (χ3v) is 6.19. The number of amides is 2. The van der Waals surface area contributed by atoms with E-state index in [4.69, 9.17) is 14.2 Å². The lowest BCUT2D eigenvalue weighted by Crippen LogP contribution is -2.36. The summed E-state index contributed by atoms with van der Waals surface area (Å²) < 4.78 is 16.5. The predicted molar refractivity (Wildman–Crippen MR) is 123 cm³/mol.